The Labute approximate surface area is 185 Å². The van der Waals surface area contributed by atoms with Gasteiger partial charge in [-0.3, -0.25) is 14.4 Å². The molecule has 2 unspecified atom stereocenters. The summed E-state index contributed by atoms with van der Waals surface area (Å²) in [6.07, 6.45) is 0.232. The van der Waals surface area contributed by atoms with E-state index in [0.717, 1.165) is 16.7 Å². The van der Waals surface area contributed by atoms with Crippen LogP contribution >= 0.6 is 0 Å². The minimum absolute atomic E-state index is 0.0482. The molecule has 164 valence electrons. The molecule has 0 aromatic heterocycles. The van der Waals surface area contributed by atoms with Gasteiger partial charge in [0.15, 0.2) is 5.78 Å². The fourth-order valence-electron chi connectivity index (χ4n) is 3.50. The molecule has 3 aromatic rings. The van der Waals surface area contributed by atoms with Gasteiger partial charge in [0.1, 0.15) is 12.1 Å². The molecule has 0 saturated carbocycles. The van der Waals surface area contributed by atoms with E-state index in [-0.39, 0.29) is 18.6 Å². The van der Waals surface area contributed by atoms with Gasteiger partial charge in [-0.05, 0) is 35.1 Å². The number of ketones is 1. The zero-order chi connectivity index (χ0) is 23.3. The van der Waals surface area contributed by atoms with Gasteiger partial charge < -0.3 is 21.7 Å². The molecule has 7 heteroatoms. The Morgan fingerprint density at radius 3 is 1.78 bits per heavy atom. The van der Waals surface area contributed by atoms with Crippen LogP contribution < -0.4 is 11.5 Å². The molecular formula is C25H24N2O5. The third-order valence-corrected chi connectivity index (χ3v) is 5.25. The molecule has 2 atom stereocenters. The highest BCUT2D eigenvalue weighted by Crippen LogP contribution is 2.26. The molecule has 3 rings (SSSR count). The summed E-state index contributed by atoms with van der Waals surface area (Å²) in [5.74, 6) is -2.43. The lowest BCUT2D eigenvalue weighted by atomic mass is 9.92. The largest absolute Gasteiger partial charge is 0.480 e. The molecule has 0 heterocycles. The van der Waals surface area contributed by atoms with Gasteiger partial charge in [0.05, 0.1) is 0 Å². The van der Waals surface area contributed by atoms with Crippen LogP contribution in [0.4, 0.5) is 0 Å². The first-order valence-electron chi connectivity index (χ1n) is 10.1. The molecule has 0 aliphatic rings. The van der Waals surface area contributed by atoms with Crippen LogP contribution in [-0.4, -0.2) is 40.0 Å². The van der Waals surface area contributed by atoms with Crippen molar-refractivity contribution < 1.29 is 24.6 Å². The van der Waals surface area contributed by atoms with Gasteiger partial charge in [0.25, 0.3) is 0 Å². The van der Waals surface area contributed by atoms with Crippen LogP contribution in [0, 0.1) is 0 Å². The summed E-state index contributed by atoms with van der Waals surface area (Å²) < 4.78 is 0. The van der Waals surface area contributed by atoms with Gasteiger partial charge in [-0.1, -0.05) is 72.8 Å². The van der Waals surface area contributed by atoms with E-state index in [0.29, 0.717) is 16.7 Å². The molecule has 0 saturated heterocycles. The van der Waals surface area contributed by atoms with E-state index in [2.05, 4.69) is 0 Å². The Balaban J connectivity index is 1.87. The number of hydrogen-bond acceptors (Lipinski definition) is 5. The number of carbonyl (C=O) groups is 3. The van der Waals surface area contributed by atoms with Crippen LogP contribution in [0.1, 0.15) is 27.0 Å². The van der Waals surface area contributed by atoms with E-state index in [1.54, 1.807) is 48.5 Å². The second kappa shape index (κ2) is 10.00. The maximum absolute atomic E-state index is 13.1. The van der Waals surface area contributed by atoms with Crippen molar-refractivity contribution in [3.8, 4) is 11.1 Å². The standard InChI is InChI=1S/C25H24N2O5/c26-21(24(29)30)13-17-5-1-3-7-19(17)15-9-11-16(12-10-15)23(28)20-8-4-2-6-18(20)14-22(27)25(31)32/h1-12,21-22H,13-14,26-27H2,(H,29,30)(H,31,32). The Morgan fingerprint density at radius 1 is 0.688 bits per heavy atom. The smallest absolute Gasteiger partial charge is 0.320 e. The van der Waals surface area contributed by atoms with Gasteiger partial charge in [0.2, 0.25) is 0 Å². The lowest BCUT2D eigenvalue weighted by Gasteiger charge is -2.13. The average Bonchev–Trinajstić information content (AvgIpc) is 2.79. The van der Waals surface area contributed by atoms with Crippen molar-refractivity contribution in [2.45, 2.75) is 24.9 Å². The Bertz CT molecular complexity index is 1140. The van der Waals surface area contributed by atoms with Crippen molar-refractivity contribution in [3.63, 3.8) is 0 Å². The quantitative estimate of drug-likeness (QED) is 0.380. The van der Waals surface area contributed by atoms with Crippen LogP contribution in [0.3, 0.4) is 0 Å². The predicted octanol–water partition coefficient (Wildman–Crippen LogP) is 2.49. The third kappa shape index (κ3) is 5.26. The second-order valence-corrected chi connectivity index (χ2v) is 7.52. The van der Waals surface area contributed by atoms with Crippen molar-refractivity contribution in [2.75, 3.05) is 0 Å². The summed E-state index contributed by atoms with van der Waals surface area (Å²) in [5, 5.41) is 18.2. The molecule has 32 heavy (non-hydrogen) atoms. The number of rotatable bonds is 9. The van der Waals surface area contributed by atoms with E-state index in [1.165, 1.54) is 0 Å². The minimum atomic E-state index is -1.13. The molecule has 3 aromatic carbocycles. The average molecular weight is 432 g/mol. The first-order valence-corrected chi connectivity index (χ1v) is 10.1. The molecule has 0 bridgehead atoms. The summed E-state index contributed by atoms with van der Waals surface area (Å²) in [6.45, 7) is 0. The number of carbonyl (C=O) groups excluding carboxylic acids is 1. The summed E-state index contributed by atoms with van der Waals surface area (Å²) in [5.41, 5.74) is 15.3. The minimum Gasteiger partial charge on any atom is -0.480 e. The highest BCUT2D eigenvalue weighted by Gasteiger charge is 2.19. The lowest BCUT2D eigenvalue weighted by Crippen LogP contribution is -2.32. The highest BCUT2D eigenvalue weighted by molar-refractivity contribution is 6.10. The maximum atomic E-state index is 13.1. The van der Waals surface area contributed by atoms with E-state index in [4.69, 9.17) is 21.7 Å². The zero-order valence-electron chi connectivity index (χ0n) is 17.3. The topological polar surface area (TPSA) is 144 Å². The second-order valence-electron chi connectivity index (χ2n) is 7.52. The van der Waals surface area contributed by atoms with Gasteiger partial charge in [0, 0.05) is 11.1 Å². The Hall–Kier alpha value is -3.81. The SMILES string of the molecule is NC(Cc1ccccc1C(=O)c1ccc(-c2ccccc2CC(N)C(=O)O)cc1)C(=O)O. The number of carboxylic acids is 2. The van der Waals surface area contributed by atoms with Crippen molar-refractivity contribution in [2.24, 2.45) is 11.5 Å². The summed E-state index contributed by atoms with van der Waals surface area (Å²) in [4.78, 5) is 35.3. The normalized spacial score (nSPS) is 12.7. The van der Waals surface area contributed by atoms with Crippen molar-refractivity contribution in [1.29, 1.82) is 0 Å². The van der Waals surface area contributed by atoms with E-state index < -0.39 is 24.0 Å². The van der Waals surface area contributed by atoms with E-state index in [9.17, 15) is 14.4 Å². The Kier molecular flexibility index (Phi) is 7.14. The first-order chi connectivity index (χ1) is 15.3. The van der Waals surface area contributed by atoms with E-state index in [1.807, 2.05) is 24.3 Å². The van der Waals surface area contributed by atoms with Crippen LogP contribution in [0.2, 0.25) is 0 Å². The fraction of sp³-hybridized carbons (Fsp3) is 0.160. The molecule has 0 spiro atoms. The molecule has 0 aliphatic heterocycles. The van der Waals surface area contributed by atoms with E-state index >= 15 is 0 Å². The van der Waals surface area contributed by atoms with Crippen LogP contribution in [0.25, 0.3) is 11.1 Å². The van der Waals surface area contributed by atoms with Gasteiger partial charge in [-0.25, -0.2) is 0 Å². The van der Waals surface area contributed by atoms with Crippen molar-refractivity contribution >= 4 is 17.7 Å². The molecule has 6 N–H and O–H groups in total. The number of hydrogen-bond donors (Lipinski definition) is 4. The van der Waals surface area contributed by atoms with Gasteiger partial charge in [-0.15, -0.1) is 0 Å². The molecule has 0 amide bonds. The van der Waals surface area contributed by atoms with Gasteiger partial charge >= 0.3 is 11.9 Å². The maximum Gasteiger partial charge on any atom is 0.320 e. The van der Waals surface area contributed by atoms with Crippen molar-refractivity contribution in [1.82, 2.24) is 0 Å². The fourth-order valence-corrected chi connectivity index (χ4v) is 3.50. The number of carboxylic acid groups (broad SMARTS) is 2. The van der Waals surface area contributed by atoms with Crippen molar-refractivity contribution in [3.05, 3.63) is 95.1 Å². The zero-order valence-corrected chi connectivity index (χ0v) is 17.3. The summed E-state index contributed by atoms with van der Waals surface area (Å²) >= 11 is 0. The Morgan fingerprint density at radius 2 is 1.19 bits per heavy atom. The molecule has 0 fully saturated rings. The van der Waals surface area contributed by atoms with Crippen LogP contribution in [0.15, 0.2) is 72.8 Å². The number of aliphatic carboxylic acids is 2. The summed E-state index contributed by atoms with van der Waals surface area (Å²) in [6, 6.07) is 19.1. The molecule has 0 aliphatic carbocycles. The highest BCUT2D eigenvalue weighted by atomic mass is 16.4. The third-order valence-electron chi connectivity index (χ3n) is 5.25. The lowest BCUT2D eigenvalue weighted by molar-refractivity contribution is -0.139. The molecule has 7 nitrogen and oxygen atoms in total. The predicted molar refractivity (Wildman–Crippen MR) is 120 cm³/mol. The first kappa shape index (κ1) is 22.9. The van der Waals surface area contributed by atoms with Gasteiger partial charge in [-0.2, -0.15) is 0 Å². The van der Waals surface area contributed by atoms with Crippen LogP contribution in [-0.2, 0) is 22.4 Å². The van der Waals surface area contributed by atoms with Crippen LogP contribution in [0.5, 0.6) is 0 Å². The summed E-state index contributed by atoms with van der Waals surface area (Å²) in [7, 11) is 0. The number of nitrogens with two attached hydrogens (primary N) is 2. The number of benzene rings is 3. The molecular weight excluding hydrogens is 408 g/mol. The molecule has 0 radical (unpaired) electrons. The monoisotopic (exact) mass is 432 g/mol.